The first-order valence-electron chi connectivity index (χ1n) is 8.33. The Kier molecular flexibility index (Phi) is 4.76. The molecule has 0 spiro atoms. The van der Waals surface area contributed by atoms with Gasteiger partial charge in [-0.3, -0.25) is 14.4 Å². The number of hydrogen-bond acceptors (Lipinski definition) is 4. The second-order valence-electron chi connectivity index (χ2n) is 6.33. The van der Waals surface area contributed by atoms with Gasteiger partial charge in [0.05, 0.1) is 0 Å². The molecule has 0 bridgehead atoms. The molecule has 0 unspecified atom stereocenters. The van der Waals surface area contributed by atoms with Crippen LogP contribution in [0, 0.1) is 0 Å². The predicted molar refractivity (Wildman–Crippen MR) is 95.2 cm³/mol. The first-order chi connectivity index (χ1) is 12.0. The Morgan fingerprint density at radius 1 is 0.880 bits per heavy atom. The summed E-state index contributed by atoms with van der Waals surface area (Å²) in [4.78, 5) is 37.5. The van der Waals surface area contributed by atoms with Crippen LogP contribution in [0.15, 0.2) is 42.5 Å². The van der Waals surface area contributed by atoms with Gasteiger partial charge in [-0.2, -0.15) is 0 Å². The molecule has 5 heteroatoms. The maximum atomic E-state index is 12.7. The second-order valence-corrected chi connectivity index (χ2v) is 6.33. The molecular formula is C20H20N2O3. The normalized spacial score (nSPS) is 12.8. The Hall–Kier alpha value is -2.79. The van der Waals surface area contributed by atoms with Crippen LogP contribution in [-0.2, 0) is 0 Å². The van der Waals surface area contributed by atoms with Crippen LogP contribution in [0.5, 0.6) is 0 Å². The van der Waals surface area contributed by atoms with E-state index in [1.165, 1.54) is 6.07 Å². The standard InChI is InChI=1S/C20H20N2O3/c1-12(2)21-9-10-22-20(25)13-7-8-16-17(11-13)19(24)15-6-4-3-5-14(15)18(16)23/h3-8,11-12,21H,9-10H2,1-2H3,(H,22,25). The molecule has 2 N–H and O–H groups in total. The first kappa shape index (κ1) is 17.0. The third-order valence-electron chi connectivity index (χ3n) is 4.15. The van der Waals surface area contributed by atoms with Crippen LogP contribution < -0.4 is 10.6 Å². The van der Waals surface area contributed by atoms with E-state index < -0.39 is 0 Å². The minimum atomic E-state index is -0.257. The van der Waals surface area contributed by atoms with E-state index in [1.54, 1.807) is 36.4 Å². The molecule has 0 heterocycles. The molecule has 0 aromatic heterocycles. The molecule has 25 heavy (non-hydrogen) atoms. The minimum Gasteiger partial charge on any atom is -0.351 e. The summed E-state index contributed by atoms with van der Waals surface area (Å²) in [5, 5.41) is 6.02. The zero-order chi connectivity index (χ0) is 18.0. The molecule has 3 rings (SSSR count). The van der Waals surface area contributed by atoms with Crippen LogP contribution in [0.25, 0.3) is 0 Å². The molecule has 2 aromatic rings. The minimum absolute atomic E-state index is 0.182. The lowest BCUT2D eigenvalue weighted by atomic mass is 9.83. The van der Waals surface area contributed by atoms with E-state index >= 15 is 0 Å². The van der Waals surface area contributed by atoms with Gasteiger partial charge in [-0.05, 0) is 18.2 Å². The highest BCUT2D eigenvalue weighted by atomic mass is 16.2. The molecule has 1 aliphatic carbocycles. The summed E-state index contributed by atoms with van der Waals surface area (Å²) in [7, 11) is 0. The van der Waals surface area contributed by atoms with Crippen LogP contribution in [0.4, 0.5) is 0 Å². The number of benzene rings is 2. The summed E-state index contributed by atoms with van der Waals surface area (Å²) < 4.78 is 0. The van der Waals surface area contributed by atoms with Crippen molar-refractivity contribution in [3.8, 4) is 0 Å². The smallest absolute Gasteiger partial charge is 0.251 e. The molecule has 0 radical (unpaired) electrons. The summed E-state index contributed by atoms with van der Waals surface area (Å²) in [5.41, 5.74) is 1.82. The van der Waals surface area contributed by atoms with E-state index in [0.717, 1.165) is 0 Å². The third kappa shape index (κ3) is 3.37. The molecule has 1 aliphatic rings. The van der Waals surface area contributed by atoms with Crippen molar-refractivity contribution in [2.45, 2.75) is 19.9 Å². The fourth-order valence-corrected chi connectivity index (χ4v) is 2.88. The van der Waals surface area contributed by atoms with E-state index in [0.29, 0.717) is 41.4 Å². The van der Waals surface area contributed by atoms with E-state index in [4.69, 9.17) is 0 Å². The number of carbonyl (C=O) groups excluding carboxylic acids is 3. The number of ketones is 2. The van der Waals surface area contributed by atoms with Gasteiger partial charge < -0.3 is 10.6 Å². The van der Waals surface area contributed by atoms with Gasteiger partial charge in [0, 0.05) is 46.9 Å². The van der Waals surface area contributed by atoms with Crippen molar-refractivity contribution in [2.75, 3.05) is 13.1 Å². The zero-order valence-corrected chi connectivity index (χ0v) is 14.3. The summed E-state index contributed by atoms with van der Waals surface area (Å²) >= 11 is 0. The van der Waals surface area contributed by atoms with Crippen LogP contribution in [-0.4, -0.2) is 36.6 Å². The summed E-state index contributed by atoms with van der Waals surface area (Å²) in [6, 6.07) is 11.8. The fraction of sp³-hybridized carbons (Fsp3) is 0.250. The number of amides is 1. The average molecular weight is 336 g/mol. The summed E-state index contributed by atoms with van der Waals surface area (Å²) in [6.45, 7) is 5.22. The summed E-state index contributed by atoms with van der Waals surface area (Å²) in [5.74, 6) is -0.660. The van der Waals surface area contributed by atoms with E-state index in [9.17, 15) is 14.4 Å². The Morgan fingerprint density at radius 2 is 1.48 bits per heavy atom. The molecule has 0 fully saturated rings. The number of hydrogen-bond donors (Lipinski definition) is 2. The van der Waals surface area contributed by atoms with Crippen molar-refractivity contribution in [1.29, 1.82) is 0 Å². The summed E-state index contributed by atoms with van der Waals surface area (Å²) in [6.07, 6.45) is 0. The van der Waals surface area contributed by atoms with Crippen molar-refractivity contribution in [3.05, 3.63) is 70.3 Å². The number of rotatable bonds is 5. The number of nitrogens with one attached hydrogen (secondary N) is 2. The topological polar surface area (TPSA) is 75.3 Å². The van der Waals surface area contributed by atoms with Gasteiger partial charge in [0.25, 0.3) is 5.91 Å². The van der Waals surface area contributed by atoms with Crippen LogP contribution >= 0.6 is 0 Å². The lowest BCUT2D eigenvalue weighted by Crippen LogP contribution is -2.34. The molecular weight excluding hydrogens is 316 g/mol. The van der Waals surface area contributed by atoms with Gasteiger partial charge >= 0.3 is 0 Å². The Balaban J connectivity index is 1.81. The highest BCUT2D eigenvalue weighted by Crippen LogP contribution is 2.27. The van der Waals surface area contributed by atoms with E-state index in [2.05, 4.69) is 10.6 Å². The molecule has 0 saturated heterocycles. The van der Waals surface area contributed by atoms with Crippen molar-refractivity contribution >= 4 is 17.5 Å². The fourth-order valence-electron chi connectivity index (χ4n) is 2.88. The maximum absolute atomic E-state index is 12.7. The van der Waals surface area contributed by atoms with Crippen molar-refractivity contribution in [3.63, 3.8) is 0 Å². The SMILES string of the molecule is CC(C)NCCNC(=O)c1ccc2c(c1)C(=O)c1ccccc1C2=O. The van der Waals surface area contributed by atoms with Crippen molar-refractivity contribution in [1.82, 2.24) is 10.6 Å². The number of fused-ring (bicyclic) bond motifs is 2. The molecule has 0 saturated carbocycles. The average Bonchev–Trinajstić information content (AvgIpc) is 2.62. The van der Waals surface area contributed by atoms with Crippen molar-refractivity contribution in [2.24, 2.45) is 0 Å². The van der Waals surface area contributed by atoms with Crippen LogP contribution in [0.2, 0.25) is 0 Å². The van der Waals surface area contributed by atoms with Gasteiger partial charge in [0.1, 0.15) is 0 Å². The molecule has 0 aliphatic heterocycles. The van der Waals surface area contributed by atoms with Gasteiger partial charge in [0.15, 0.2) is 11.6 Å². The Labute approximate surface area is 146 Å². The largest absolute Gasteiger partial charge is 0.351 e. The van der Waals surface area contributed by atoms with Crippen LogP contribution in [0.3, 0.4) is 0 Å². The molecule has 0 atom stereocenters. The first-order valence-corrected chi connectivity index (χ1v) is 8.33. The lowest BCUT2D eigenvalue weighted by molar-refractivity contribution is 0.0951. The van der Waals surface area contributed by atoms with Gasteiger partial charge in [-0.15, -0.1) is 0 Å². The van der Waals surface area contributed by atoms with Gasteiger partial charge in [-0.25, -0.2) is 0 Å². The maximum Gasteiger partial charge on any atom is 0.251 e. The number of carbonyl (C=O) groups is 3. The van der Waals surface area contributed by atoms with Gasteiger partial charge in [0.2, 0.25) is 0 Å². The Morgan fingerprint density at radius 3 is 2.12 bits per heavy atom. The van der Waals surface area contributed by atoms with E-state index in [1.807, 2.05) is 13.8 Å². The quantitative estimate of drug-likeness (QED) is 0.701. The molecule has 2 aromatic carbocycles. The second kappa shape index (κ2) is 6.99. The monoisotopic (exact) mass is 336 g/mol. The molecule has 128 valence electrons. The third-order valence-corrected chi connectivity index (χ3v) is 4.15. The Bertz CT molecular complexity index is 856. The van der Waals surface area contributed by atoms with Crippen LogP contribution in [0.1, 0.15) is 56.0 Å². The highest BCUT2D eigenvalue weighted by molar-refractivity contribution is 6.28. The van der Waals surface area contributed by atoms with E-state index in [-0.39, 0.29) is 23.0 Å². The lowest BCUT2D eigenvalue weighted by Gasteiger charge is -2.18. The zero-order valence-electron chi connectivity index (χ0n) is 14.3. The highest BCUT2D eigenvalue weighted by Gasteiger charge is 2.29. The molecule has 1 amide bonds. The van der Waals surface area contributed by atoms with Crippen molar-refractivity contribution < 1.29 is 14.4 Å². The predicted octanol–water partition coefficient (Wildman–Crippen LogP) is 2.19. The van der Waals surface area contributed by atoms with Gasteiger partial charge in [-0.1, -0.05) is 38.1 Å². The molecule has 5 nitrogen and oxygen atoms in total.